The molecule has 1 aromatic heterocycles. The molecule has 2 aromatic rings. The van der Waals surface area contributed by atoms with Crippen molar-refractivity contribution in [3.8, 4) is 0 Å². The highest BCUT2D eigenvalue weighted by Crippen LogP contribution is 2.34. The Morgan fingerprint density at radius 3 is 2.83 bits per heavy atom. The van der Waals surface area contributed by atoms with Gasteiger partial charge in [-0.1, -0.05) is 36.9 Å². The first-order valence-electron chi connectivity index (χ1n) is 12.0. The van der Waals surface area contributed by atoms with Gasteiger partial charge in [0.2, 0.25) is 11.9 Å². The maximum atomic E-state index is 13.9. The molecule has 4 N–H and O–H groups in total. The summed E-state index contributed by atoms with van der Waals surface area (Å²) < 4.78 is 0. The van der Waals surface area contributed by atoms with Crippen LogP contribution >= 0.6 is 0 Å². The second-order valence-corrected chi connectivity index (χ2v) is 8.90. The average molecular weight is 489 g/mol. The topological polar surface area (TPSA) is 129 Å². The van der Waals surface area contributed by atoms with Gasteiger partial charge in [-0.25, -0.2) is 9.78 Å². The number of benzene rings is 1. The molecule has 10 nitrogen and oxygen atoms in total. The van der Waals surface area contributed by atoms with Crippen LogP contribution in [-0.4, -0.2) is 52.2 Å². The normalized spacial score (nSPS) is 20.2. The Hall–Kier alpha value is -4.21. The molecule has 1 aliphatic carbocycles. The lowest BCUT2D eigenvalue weighted by Crippen LogP contribution is -2.54. The van der Waals surface area contributed by atoms with Crippen LogP contribution in [0, 0.1) is 0 Å². The maximum absolute atomic E-state index is 13.9. The van der Waals surface area contributed by atoms with E-state index in [1.54, 1.807) is 24.4 Å². The standard InChI is InChI=1S/C26H32N8O2/c1-3-23(35)30-20-10-7-11-22(12-20)34-24-19(14-29-25(32-24)31-21(13-27)15-28-2)17-33(26(34)36)16-18-8-5-4-6-9-18/h3-6,8-9,13-15,20,22H,1,7,10-12,16-17,27H2,2H3,(H,30,35)(H,29,31,32)/b21-13+,28-15?. The summed E-state index contributed by atoms with van der Waals surface area (Å²) in [6, 6.07) is 9.63. The zero-order valence-electron chi connectivity index (χ0n) is 20.4. The zero-order chi connectivity index (χ0) is 25.5. The second kappa shape index (κ2) is 11.5. The van der Waals surface area contributed by atoms with Gasteiger partial charge in [0.25, 0.3) is 0 Å². The molecule has 4 rings (SSSR count). The van der Waals surface area contributed by atoms with Crippen molar-refractivity contribution in [2.75, 3.05) is 17.3 Å². The largest absolute Gasteiger partial charge is 0.403 e. The molecule has 0 spiro atoms. The summed E-state index contributed by atoms with van der Waals surface area (Å²) in [6.45, 7) is 4.43. The fourth-order valence-corrected chi connectivity index (χ4v) is 4.73. The Bertz CT molecular complexity index is 1160. The number of fused-ring (bicyclic) bond motifs is 1. The van der Waals surface area contributed by atoms with Gasteiger partial charge in [-0.05, 0) is 37.3 Å². The van der Waals surface area contributed by atoms with Crippen molar-refractivity contribution in [3.05, 3.63) is 72.2 Å². The highest BCUT2D eigenvalue weighted by molar-refractivity contribution is 5.94. The van der Waals surface area contributed by atoms with Crippen LogP contribution in [0.4, 0.5) is 16.6 Å². The molecule has 1 aromatic carbocycles. The van der Waals surface area contributed by atoms with Gasteiger partial charge in [0.05, 0.1) is 12.2 Å². The number of rotatable bonds is 8. The van der Waals surface area contributed by atoms with E-state index >= 15 is 0 Å². The molecule has 1 saturated carbocycles. The molecule has 1 fully saturated rings. The van der Waals surface area contributed by atoms with E-state index in [4.69, 9.17) is 10.7 Å². The minimum Gasteiger partial charge on any atom is -0.403 e. The van der Waals surface area contributed by atoms with Gasteiger partial charge in [0.15, 0.2) is 0 Å². The summed E-state index contributed by atoms with van der Waals surface area (Å²) in [5.74, 6) is 0.698. The number of aliphatic imine (C=N–C) groups is 1. The number of carbonyl (C=O) groups is 2. The molecule has 2 unspecified atom stereocenters. The van der Waals surface area contributed by atoms with Crippen molar-refractivity contribution in [1.29, 1.82) is 0 Å². The Kier molecular flexibility index (Phi) is 7.94. The number of nitrogens with zero attached hydrogens (tertiary/aromatic N) is 5. The summed E-state index contributed by atoms with van der Waals surface area (Å²) in [5.41, 5.74) is 8.13. The molecular weight excluding hydrogens is 456 g/mol. The molecule has 3 amide bonds. The van der Waals surface area contributed by atoms with Crippen molar-refractivity contribution >= 4 is 29.9 Å². The number of amides is 3. The third-order valence-electron chi connectivity index (χ3n) is 6.37. The van der Waals surface area contributed by atoms with E-state index in [1.807, 2.05) is 35.2 Å². The van der Waals surface area contributed by atoms with Crippen LogP contribution in [0.25, 0.3) is 0 Å². The Labute approximate surface area is 211 Å². The fourth-order valence-electron chi connectivity index (χ4n) is 4.73. The molecule has 2 heterocycles. The molecule has 36 heavy (non-hydrogen) atoms. The summed E-state index contributed by atoms with van der Waals surface area (Å²) in [5, 5.41) is 6.05. The van der Waals surface area contributed by atoms with Crippen LogP contribution in [0.15, 0.2) is 66.1 Å². The number of carbonyl (C=O) groups excluding carboxylic acids is 2. The second-order valence-electron chi connectivity index (χ2n) is 8.90. The number of anilines is 2. The molecular formula is C26H32N8O2. The number of aromatic nitrogens is 2. The Morgan fingerprint density at radius 2 is 2.11 bits per heavy atom. The monoisotopic (exact) mass is 488 g/mol. The van der Waals surface area contributed by atoms with Gasteiger partial charge in [0, 0.05) is 49.9 Å². The molecule has 0 radical (unpaired) electrons. The van der Waals surface area contributed by atoms with Crippen molar-refractivity contribution in [2.45, 2.75) is 50.9 Å². The molecule has 2 atom stereocenters. The summed E-state index contributed by atoms with van der Waals surface area (Å²) in [7, 11) is 1.64. The molecule has 2 aliphatic rings. The van der Waals surface area contributed by atoms with Crippen LogP contribution in [-0.2, 0) is 17.9 Å². The van der Waals surface area contributed by atoms with Crippen molar-refractivity contribution < 1.29 is 9.59 Å². The minimum absolute atomic E-state index is 0.0398. The number of allylic oxidation sites excluding steroid dienone is 1. The van der Waals surface area contributed by atoms with Crippen LogP contribution in [0.3, 0.4) is 0 Å². The fraction of sp³-hybridized carbons (Fsp3) is 0.346. The SMILES string of the molecule is C=CC(=O)NC1CCCC(N2C(=O)N(Cc3ccccc3)Cc3cnc(N/C(C=NC)=C/N)nc32)C1. The average Bonchev–Trinajstić information content (AvgIpc) is 2.89. The summed E-state index contributed by atoms with van der Waals surface area (Å²) in [6.07, 6.45) is 9.17. The van der Waals surface area contributed by atoms with Crippen LogP contribution < -0.4 is 21.3 Å². The van der Waals surface area contributed by atoms with Crippen molar-refractivity contribution in [1.82, 2.24) is 20.2 Å². The molecule has 188 valence electrons. The number of hydrogen-bond acceptors (Lipinski definition) is 7. The first-order valence-corrected chi connectivity index (χ1v) is 12.0. The van der Waals surface area contributed by atoms with E-state index in [0.717, 1.165) is 30.4 Å². The first-order chi connectivity index (χ1) is 17.5. The quantitative estimate of drug-likeness (QED) is 0.387. The van der Waals surface area contributed by atoms with E-state index < -0.39 is 0 Å². The minimum atomic E-state index is -0.204. The maximum Gasteiger partial charge on any atom is 0.326 e. The number of nitrogens with two attached hydrogens (primary N) is 1. The van der Waals surface area contributed by atoms with Crippen LogP contribution in [0.2, 0.25) is 0 Å². The van der Waals surface area contributed by atoms with Crippen molar-refractivity contribution in [2.24, 2.45) is 10.7 Å². The van der Waals surface area contributed by atoms with Gasteiger partial charge in [-0.3, -0.25) is 14.7 Å². The van der Waals surface area contributed by atoms with E-state index in [-0.39, 0.29) is 24.0 Å². The van der Waals surface area contributed by atoms with Gasteiger partial charge in [0.1, 0.15) is 5.82 Å². The van der Waals surface area contributed by atoms with Gasteiger partial charge in [-0.15, -0.1) is 0 Å². The van der Waals surface area contributed by atoms with E-state index in [9.17, 15) is 9.59 Å². The third kappa shape index (κ3) is 5.70. The zero-order valence-corrected chi connectivity index (χ0v) is 20.4. The highest BCUT2D eigenvalue weighted by Gasteiger charge is 2.39. The highest BCUT2D eigenvalue weighted by atomic mass is 16.2. The lowest BCUT2D eigenvalue weighted by Gasteiger charge is -2.43. The Balaban J connectivity index is 1.67. The first kappa shape index (κ1) is 24.9. The predicted molar refractivity (Wildman–Crippen MR) is 140 cm³/mol. The molecule has 1 aliphatic heterocycles. The number of nitrogens with one attached hydrogen (secondary N) is 2. The van der Waals surface area contributed by atoms with Gasteiger partial charge < -0.3 is 21.3 Å². The van der Waals surface area contributed by atoms with Crippen molar-refractivity contribution in [3.63, 3.8) is 0 Å². The van der Waals surface area contributed by atoms with Crippen LogP contribution in [0.1, 0.15) is 36.8 Å². The smallest absolute Gasteiger partial charge is 0.326 e. The molecule has 10 heteroatoms. The van der Waals surface area contributed by atoms with Gasteiger partial charge >= 0.3 is 6.03 Å². The molecule has 0 bridgehead atoms. The van der Waals surface area contributed by atoms with E-state index in [0.29, 0.717) is 37.0 Å². The summed E-state index contributed by atoms with van der Waals surface area (Å²) in [4.78, 5) is 42.6. The van der Waals surface area contributed by atoms with E-state index in [1.165, 1.54) is 12.3 Å². The Morgan fingerprint density at radius 1 is 1.31 bits per heavy atom. The number of urea groups is 1. The van der Waals surface area contributed by atoms with Gasteiger partial charge in [-0.2, -0.15) is 4.98 Å². The predicted octanol–water partition coefficient (Wildman–Crippen LogP) is 2.94. The lowest BCUT2D eigenvalue weighted by molar-refractivity contribution is -0.117. The van der Waals surface area contributed by atoms with Crippen LogP contribution in [0.5, 0.6) is 0 Å². The van der Waals surface area contributed by atoms with E-state index in [2.05, 4.69) is 27.2 Å². The number of hydrogen-bond donors (Lipinski definition) is 3. The third-order valence-corrected chi connectivity index (χ3v) is 6.37. The summed E-state index contributed by atoms with van der Waals surface area (Å²) >= 11 is 0. The molecule has 0 saturated heterocycles. The lowest BCUT2D eigenvalue weighted by atomic mass is 9.89.